The maximum atomic E-state index is 10.5. The molecule has 2 fully saturated rings. The van der Waals surface area contributed by atoms with Gasteiger partial charge in [0.25, 0.3) is 0 Å². The molecule has 1 nitrogen and oxygen atoms in total. The summed E-state index contributed by atoms with van der Waals surface area (Å²) in [6.45, 7) is 9.41. The second-order valence-corrected chi connectivity index (χ2v) is 6.96. The van der Waals surface area contributed by atoms with Crippen molar-refractivity contribution in [3.8, 4) is 0 Å². The predicted octanol–water partition coefficient (Wildman–Crippen LogP) is 3.39. The molecule has 0 heterocycles. The molecular weight excluding hydrogens is 196 g/mol. The van der Waals surface area contributed by atoms with Crippen LogP contribution in [0.15, 0.2) is 11.6 Å². The highest BCUT2D eigenvalue weighted by molar-refractivity contribution is 5.33. The topological polar surface area (TPSA) is 20.2 Å². The van der Waals surface area contributed by atoms with Crippen molar-refractivity contribution in [2.45, 2.75) is 53.1 Å². The number of rotatable bonds is 0. The zero-order valence-corrected chi connectivity index (χ0v) is 11.0. The highest BCUT2D eigenvalue weighted by Gasteiger charge is 2.71. The Morgan fingerprint density at radius 3 is 2.56 bits per heavy atom. The Kier molecular flexibility index (Phi) is 1.98. The standard InChI is InChI=1S/C15H24O/c1-9-5-7-11-13(14(11,3)4)15(9)10(2)6-8-12(15)16/h5,10-13,16H,6-8H2,1-4H3/t10-,11+,12-,13-,15-/m1/s1. The first-order valence-corrected chi connectivity index (χ1v) is 6.78. The molecule has 0 aromatic rings. The summed E-state index contributed by atoms with van der Waals surface area (Å²) in [5, 5.41) is 10.5. The molecule has 3 rings (SSSR count). The van der Waals surface area contributed by atoms with Gasteiger partial charge < -0.3 is 5.11 Å². The Labute approximate surface area is 98.9 Å². The van der Waals surface area contributed by atoms with Crippen LogP contribution in [-0.4, -0.2) is 11.2 Å². The third-order valence-electron chi connectivity index (χ3n) is 6.17. The van der Waals surface area contributed by atoms with Crippen LogP contribution in [0, 0.1) is 28.6 Å². The SMILES string of the molecule is CC1=CC[C@H]2[C@H](C2(C)C)[C@@]12[C@H](C)CC[C@H]2O. The van der Waals surface area contributed by atoms with Crippen molar-refractivity contribution in [1.82, 2.24) is 0 Å². The van der Waals surface area contributed by atoms with Gasteiger partial charge in [-0.05, 0) is 49.4 Å². The van der Waals surface area contributed by atoms with Crippen molar-refractivity contribution >= 4 is 0 Å². The molecule has 1 spiro atoms. The van der Waals surface area contributed by atoms with Gasteiger partial charge in [-0.1, -0.05) is 32.4 Å². The summed E-state index contributed by atoms with van der Waals surface area (Å²) in [7, 11) is 0. The van der Waals surface area contributed by atoms with Gasteiger partial charge in [0.1, 0.15) is 0 Å². The summed E-state index contributed by atoms with van der Waals surface area (Å²) in [5.41, 5.74) is 2.07. The van der Waals surface area contributed by atoms with Crippen LogP contribution in [0.25, 0.3) is 0 Å². The Balaban J connectivity index is 2.10. The van der Waals surface area contributed by atoms with Gasteiger partial charge in [-0.15, -0.1) is 0 Å². The maximum absolute atomic E-state index is 10.5. The van der Waals surface area contributed by atoms with E-state index in [1.54, 1.807) is 0 Å². The fourth-order valence-corrected chi connectivity index (χ4v) is 5.24. The smallest absolute Gasteiger partial charge is 0.0639 e. The van der Waals surface area contributed by atoms with E-state index in [2.05, 4.69) is 33.8 Å². The van der Waals surface area contributed by atoms with Crippen molar-refractivity contribution in [2.24, 2.45) is 28.6 Å². The van der Waals surface area contributed by atoms with E-state index in [-0.39, 0.29) is 11.5 Å². The summed E-state index contributed by atoms with van der Waals surface area (Å²) >= 11 is 0. The van der Waals surface area contributed by atoms with Crippen LogP contribution >= 0.6 is 0 Å². The first kappa shape index (κ1) is 10.8. The first-order valence-electron chi connectivity index (χ1n) is 6.78. The first-order chi connectivity index (χ1) is 7.43. The van der Waals surface area contributed by atoms with Crippen molar-refractivity contribution in [2.75, 3.05) is 0 Å². The molecule has 16 heavy (non-hydrogen) atoms. The van der Waals surface area contributed by atoms with E-state index in [0.717, 1.165) is 18.3 Å². The van der Waals surface area contributed by atoms with E-state index in [4.69, 9.17) is 0 Å². The normalized spacial score (nSPS) is 53.7. The molecule has 0 amide bonds. The molecule has 1 heteroatoms. The summed E-state index contributed by atoms with van der Waals surface area (Å²) < 4.78 is 0. The number of aliphatic hydroxyl groups is 1. The average Bonchev–Trinajstić information content (AvgIpc) is 2.66. The minimum Gasteiger partial charge on any atom is -0.392 e. The molecule has 2 saturated carbocycles. The van der Waals surface area contributed by atoms with Crippen LogP contribution in [0.3, 0.4) is 0 Å². The van der Waals surface area contributed by atoms with Crippen LogP contribution in [-0.2, 0) is 0 Å². The largest absolute Gasteiger partial charge is 0.392 e. The summed E-state index contributed by atoms with van der Waals surface area (Å²) in [6, 6.07) is 0. The van der Waals surface area contributed by atoms with E-state index in [1.807, 2.05) is 0 Å². The second kappa shape index (κ2) is 2.93. The van der Waals surface area contributed by atoms with Gasteiger partial charge in [-0.3, -0.25) is 0 Å². The summed E-state index contributed by atoms with van der Waals surface area (Å²) in [6.07, 6.45) is 5.77. The van der Waals surface area contributed by atoms with Crippen LogP contribution in [0.5, 0.6) is 0 Å². The molecule has 3 aliphatic rings. The van der Waals surface area contributed by atoms with Crippen molar-refractivity contribution in [3.05, 3.63) is 11.6 Å². The van der Waals surface area contributed by atoms with Gasteiger partial charge >= 0.3 is 0 Å². The molecule has 90 valence electrons. The van der Waals surface area contributed by atoms with Crippen molar-refractivity contribution in [1.29, 1.82) is 0 Å². The van der Waals surface area contributed by atoms with E-state index >= 15 is 0 Å². The van der Waals surface area contributed by atoms with Crippen LogP contribution in [0.2, 0.25) is 0 Å². The molecule has 0 aromatic carbocycles. The lowest BCUT2D eigenvalue weighted by molar-refractivity contribution is 0.0257. The molecule has 0 unspecified atom stereocenters. The predicted molar refractivity (Wildman–Crippen MR) is 66.0 cm³/mol. The van der Waals surface area contributed by atoms with E-state index < -0.39 is 0 Å². The Bertz CT molecular complexity index is 342. The molecule has 0 saturated heterocycles. The van der Waals surface area contributed by atoms with E-state index in [1.165, 1.54) is 18.4 Å². The van der Waals surface area contributed by atoms with Gasteiger partial charge in [-0.25, -0.2) is 0 Å². The number of allylic oxidation sites excluding steroid dienone is 1. The van der Waals surface area contributed by atoms with E-state index in [9.17, 15) is 5.11 Å². The number of hydrogen-bond acceptors (Lipinski definition) is 1. The lowest BCUT2D eigenvalue weighted by atomic mass is 9.64. The Hall–Kier alpha value is -0.300. The van der Waals surface area contributed by atoms with Gasteiger partial charge in [0, 0.05) is 5.41 Å². The Morgan fingerprint density at radius 1 is 1.31 bits per heavy atom. The number of hydrogen-bond donors (Lipinski definition) is 1. The van der Waals surface area contributed by atoms with Crippen LogP contribution in [0.4, 0.5) is 0 Å². The monoisotopic (exact) mass is 220 g/mol. The second-order valence-electron chi connectivity index (χ2n) is 6.96. The zero-order valence-electron chi connectivity index (χ0n) is 11.0. The lowest BCUT2D eigenvalue weighted by Crippen LogP contribution is -2.41. The molecule has 5 atom stereocenters. The quantitative estimate of drug-likeness (QED) is 0.620. The van der Waals surface area contributed by atoms with Gasteiger partial charge in [0.05, 0.1) is 6.10 Å². The van der Waals surface area contributed by atoms with Crippen LogP contribution < -0.4 is 0 Å². The molecule has 0 bridgehead atoms. The molecular formula is C15H24O. The fraction of sp³-hybridized carbons (Fsp3) is 0.867. The maximum Gasteiger partial charge on any atom is 0.0639 e. The summed E-state index contributed by atoms with van der Waals surface area (Å²) in [4.78, 5) is 0. The minimum absolute atomic E-state index is 0.0895. The van der Waals surface area contributed by atoms with Gasteiger partial charge in [0.15, 0.2) is 0 Å². The van der Waals surface area contributed by atoms with Crippen molar-refractivity contribution in [3.63, 3.8) is 0 Å². The lowest BCUT2D eigenvalue weighted by Gasteiger charge is -2.42. The summed E-state index contributed by atoms with van der Waals surface area (Å²) in [5.74, 6) is 2.22. The van der Waals surface area contributed by atoms with Gasteiger partial charge in [-0.2, -0.15) is 0 Å². The van der Waals surface area contributed by atoms with Gasteiger partial charge in [0.2, 0.25) is 0 Å². The fourth-order valence-electron chi connectivity index (χ4n) is 5.24. The Morgan fingerprint density at radius 2 is 2.00 bits per heavy atom. The highest BCUT2D eigenvalue weighted by Crippen LogP contribution is 2.75. The molecule has 0 aliphatic heterocycles. The van der Waals surface area contributed by atoms with Crippen molar-refractivity contribution < 1.29 is 5.11 Å². The molecule has 3 aliphatic carbocycles. The molecule has 1 N–H and O–H groups in total. The number of aliphatic hydroxyl groups excluding tert-OH is 1. The zero-order chi connectivity index (χ0) is 11.7. The number of fused-ring (bicyclic) bond motifs is 2. The molecule has 0 radical (unpaired) electrons. The molecule has 0 aromatic heterocycles. The third-order valence-corrected chi connectivity index (χ3v) is 6.17. The van der Waals surface area contributed by atoms with E-state index in [0.29, 0.717) is 11.3 Å². The average molecular weight is 220 g/mol. The third kappa shape index (κ3) is 0.971. The van der Waals surface area contributed by atoms with Crippen LogP contribution in [0.1, 0.15) is 47.0 Å². The highest BCUT2D eigenvalue weighted by atomic mass is 16.3. The minimum atomic E-state index is -0.0895.